The molecule has 0 spiro atoms. The highest BCUT2D eigenvalue weighted by molar-refractivity contribution is 6.42. The number of hydrogen-bond donors (Lipinski definition) is 2. The highest BCUT2D eigenvalue weighted by Crippen LogP contribution is 2.44. The van der Waals surface area contributed by atoms with Crippen LogP contribution in [0.2, 0.25) is 10.0 Å². The van der Waals surface area contributed by atoms with E-state index in [9.17, 15) is 28.7 Å². The minimum atomic E-state index is -3.05. The number of guanidine groups is 1. The first-order chi connectivity index (χ1) is 27.1. The second-order valence-corrected chi connectivity index (χ2v) is 14.1. The highest BCUT2D eigenvalue weighted by atomic mass is 35.5. The zero-order valence-corrected chi connectivity index (χ0v) is 31.4. The van der Waals surface area contributed by atoms with E-state index in [4.69, 9.17) is 33.0 Å². The molecule has 3 atom stereocenters. The van der Waals surface area contributed by atoms with Crippen LogP contribution in [0.25, 0.3) is 11.1 Å². The van der Waals surface area contributed by atoms with Crippen LogP contribution in [0.5, 0.6) is 5.75 Å². The fourth-order valence-corrected chi connectivity index (χ4v) is 7.77. The van der Waals surface area contributed by atoms with Gasteiger partial charge in [-0.2, -0.15) is 19.1 Å². The van der Waals surface area contributed by atoms with E-state index in [1.165, 1.54) is 39.1 Å². The maximum absolute atomic E-state index is 14.6. The summed E-state index contributed by atoms with van der Waals surface area (Å²) in [5.41, 5.74) is 5.28. The molecule has 0 saturated carbocycles. The van der Waals surface area contributed by atoms with Crippen molar-refractivity contribution in [3.05, 3.63) is 118 Å². The molecule has 3 aliphatic rings. The molecule has 2 N–H and O–H groups in total. The van der Waals surface area contributed by atoms with Gasteiger partial charge in [0, 0.05) is 30.5 Å². The Bertz CT molecular complexity index is 2210. The lowest BCUT2D eigenvalue weighted by Crippen LogP contribution is -2.54. The van der Waals surface area contributed by atoms with Crippen molar-refractivity contribution in [3.63, 3.8) is 0 Å². The lowest BCUT2D eigenvalue weighted by atomic mass is 9.98. The minimum Gasteiger partial charge on any atom is -0.448 e. The van der Waals surface area contributed by atoms with Gasteiger partial charge in [0.2, 0.25) is 11.9 Å². The van der Waals surface area contributed by atoms with E-state index in [1.54, 1.807) is 25.1 Å². The Labute approximate surface area is 331 Å². The molecule has 4 aromatic rings. The van der Waals surface area contributed by atoms with E-state index >= 15 is 0 Å². The smallest absolute Gasteiger partial charge is 0.410 e. The molecule has 12 nitrogen and oxygen atoms in total. The van der Waals surface area contributed by atoms with Crippen molar-refractivity contribution >= 4 is 52.6 Å². The van der Waals surface area contributed by atoms with Gasteiger partial charge in [0.15, 0.2) is 6.19 Å². The molecule has 0 aromatic heterocycles. The molecule has 7 rings (SSSR count). The number of nitrogens with one attached hydrogen (secondary N) is 1. The lowest BCUT2D eigenvalue weighted by Gasteiger charge is -2.33. The maximum Gasteiger partial charge on any atom is 0.410 e. The van der Waals surface area contributed by atoms with Crippen molar-refractivity contribution in [1.29, 1.82) is 5.26 Å². The number of benzene rings is 4. The average Bonchev–Trinajstić information content (AvgIpc) is 3.89. The van der Waals surface area contributed by atoms with Gasteiger partial charge in [-0.05, 0) is 53.4 Å². The van der Waals surface area contributed by atoms with Crippen LogP contribution in [0.1, 0.15) is 36.0 Å². The molecule has 1 fully saturated rings. The van der Waals surface area contributed by atoms with E-state index in [2.05, 4.69) is 15.0 Å². The molecular weight excluding hydrogens is 767 g/mol. The van der Waals surface area contributed by atoms with Crippen LogP contribution >= 0.6 is 23.2 Å². The Kier molecular flexibility index (Phi) is 11.4. The number of hydrogen-bond acceptors (Lipinski definition) is 8. The van der Waals surface area contributed by atoms with Gasteiger partial charge in [0.1, 0.15) is 18.4 Å². The monoisotopic (exact) mass is 801 g/mol. The zero-order chi connectivity index (χ0) is 39.5. The third-order valence-electron chi connectivity index (χ3n) is 9.93. The second-order valence-electron chi connectivity index (χ2n) is 13.2. The number of nitrogens with zero attached hydrogens (tertiary/aromatic N) is 6. The summed E-state index contributed by atoms with van der Waals surface area (Å²) in [7, 11) is 0. The number of carbonyl (C=O) groups excluding carboxylic acids is 2. The Morgan fingerprint density at radius 1 is 1.02 bits per heavy atom. The third-order valence-corrected chi connectivity index (χ3v) is 10.7. The largest absolute Gasteiger partial charge is 0.448 e. The number of rotatable bonds is 9. The number of β-amino-alcohol motifs (C(OH)–C–C–N with tert-alkyl or cyclic N) is 1. The predicted molar refractivity (Wildman–Crippen MR) is 206 cm³/mol. The van der Waals surface area contributed by atoms with E-state index in [1.807, 2.05) is 54.7 Å². The number of alkyl halides is 2. The number of aliphatic hydroxyl groups excluding tert-OH is 1. The first-order valence-electron chi connectivity index (χ1n) is 17.8. The number of likely N-dealkylation sites (tertiary alicyclic amines) is 1. The molecule has 0 radical (unpaired) electrons. The van der Waals surface area contributed by atoms with E-state index in [0.29, 0.717) is 16.3 Å². The number of aliphatic hydroxyl groups is 1. The number of fused-ring (bicyclic) bond motifs is 3. The van der Waals surface area contributed by atoms with E-state index < -0.39 is 36.8 Å². The second kappa shape index (κ2) is 16.5. The number of amides is 2. The van der Waals surface area contributed by atoms with Crippen molar-refractivity contribution in [2.24, 2.45) is 10.1 Å². The molecule has 0 bridgehead atoms. The van der Waals surface area contributed by atoms with Crippen LogP contribution in [-0.2, 0) is 9.53 Å². The van der Waals surface area contributed by atoms with Crippen LogP contribution in [0.4, 0.5) is 19.3 Å². The fraction of sp³-hybridized carbons (Fsp3) is 0.275. The summed E-state index contributed by atoms with van der Waals surface area (Å²) in [6.45, 7) is -1.21. The van der Waals surface area contributed by atoms with E-state index in [-0.39, 0.29) is 61.0 Å². The number of halogens is 4. The van der Waals surface area contributed by atoms with Crippen molar-refractivity contribution in [3.8, 4) is 23.1 Å². The van der Waals surface area contributed by atoms with Gasteiger partial charge in [-0.3, -0.25) is 15.0 Å². The molecule has 1 aliphatic carbocycles. The Balaban J connectivity index is 1.15. The first-order valence-corrected chi connectivity index (χ1v) is 18.5. The lowest BCUT2D eigenvalue weighted by molar-refractivity contribution is -0.136. The number of aliphatic imine (C=N–C) groups is 1. The maximum atomic E-state index is 14.6. The molecule has 1 unspecified atom stereocenters. The predicted octanol–water partition coefficient (Wildman–Crippen LogP) is 6.97. The van der Waals surface area contributed by atoms with Crippen LogP contribution in [0, 0.1) is 11.5 Å². The molecule has 56 heavy (non-hydrogen) atoms. The quantitative estimate of drug-likeness (QED) is 0.0800. The summed E-state index contributed by atoms with van der Waals surface area (Å²) in [5, 5.41) is 29.6. The Morgan fingerprint density at radius 2 is 1.73 bits per heavy atom. The normalized spacial score (nSPS) is 19.0. The van der Waals surface area contributed by atoms with Crippen LogP contribution in [0.3, 0.4) is 0 Å². The molecule has 288 valence electrons. The average molecular weight is 803 g/mol. The molecular formula is C40H35Cl2F2N7O5. The highest BCUT2D eigenvalue weighted by Gasteiger charge is 2.45. The van der Waals surface area contributed by atoms with Gasteiger partial charge in [0.05, 0.1) is 46.7 Å². The number of ether oxygens (including phenoxy) is 2. The summed E-state index contributed by atoms with van der Waals surface area (Å²) in [5.74, 6) is -0.867. The summed E-state index contributed by atoms with van der Waals surface area (Å²) >= 11 is 12.7. The fourth-order valence-electron chi connectivity index (χ4n) is 7.47. The molecule has 2 aliphatic heterocycles. The molecule has 16 heteroatoms. The van der Waals surface area contributed by atoms with Gasteiger partial charge in [-0.25, -0.2) is 14.8 Å². The SMILES string of the molecule is CCN(C(=O)[C@H]1C[C@@H](O)CN1C(=O)OCC1c2ccccc2-c2ccccc21)C1CN(C(=Nc2cccc(OC(F)F)c2)NC#N)N=C1c1ccc(Cl)c(Cl)c1. The van der Waals surface area contributed by atoms with Gasteiger partial charge < -0.3 is 19.5 Å². The number of carbonyl (C=O) groups is 2. The Morgan fingerprint density at radius 3 is 2.39 bits per heavy atom. The standard InChI is InChI=1S/C40H35Cl2F2N7O5/c1-2-49(37(53)34-18-25(52)19-50(34)40(54)55-21-31-29-12-5-3-10-27(29)28-11-4-6-13-30(28)31)35-20-51(48-36(35)23-14-15-32(41)33(42)16-23)39(46-22-45)47-24-8-7-9-26(17-24)56-38(43)44/h3-17,25,31,34-35,38,52H,2,18-21H2,1H3,(H,46,47)/t25-,34-,35?/m1/s1. The van der Waals surface area contributed by atoms with Crippen molar-refractivity contribution < 1.29 is 33.0 Å². The summed E-state index contributed by atoms with van der Waals surface area (Å²) < 4.78 is 36.3. The van der Waals surface area contributed by atoms with Crippen molar-refractivity contribution in [1.82, 2.24) is 20.1 Å². The van der Waals surface area contributed by atoms with Gasteiger partial charge >= 0.3 is 12.7 Å². The molecule has 2 amide bonds. The van der Waals surface area contributed by atoms with E-state index in [0.717, 1.165) is 22.3 Å². The summed E-state index contributed by atoms with van der Waals surface area (Å²) in [4.78, 5) is 35.7. The van der Waals surface area contributed by atoms with Crippen LogP contribution in [-0.4, -0.2) is 94.6 Å². The number of likely N-dealkylation sites (N-methyl/N-ethyl adjacent to an activating group) is 1. The minimum absolute atomic E-state index is 0.0177. The molecule has 2 heterocycles. The molecule has 4 aromatic carbocycles. The van der Waals surface area contributed by atoms with Crippen LogP contribution in [0.15, 0.2) is 101 Å². The number of nitriles is 1. The third kappa shape index (κ3) is 7.84. The Hall–Kier alpha value is -5.75. The van der Waals surface area contributed by atoms with Crippen LogP contribution < -0.4 is 10.1 Å². The van der Waals surface area contributed by atoms with Crippen molar-refractivity contribution in [2.45, 2.75) is 44.1 Å². The van der Waals surface area contributed by atoms with Gasteiger partial charge in [0.25, 0.3) is 0 Å². The zero-order valence-electron chi connectivity index (χ0n) is 29.9. The first kappa shape index (κ1) is 38.5. The topological polar surface area (TPSA) is 143 Å². The van der Waals surface area contributed by atoms with Crippen molar-refractivity contribution in [2.75, 3.05) is 26.2 Å². The summed E-state index contributed by atoms with van der Waals surface area (Å²) in [6, 6.07) is 24.5. The number of hydrazone groups is 1. The molecule has 1 saturated heterocycles. The van der Waals surface area contributed by atoms with Gasteiger partial charge in [-0.15, -0.1) is 0 Å². The summed E-state index contributed by atoms with van der Waals surface area (Å²) in [6.07, 6.45) is 0.104. The van der Waals surface area contributed by atoms with Gasteiger partial charge in [-0.1, -0.05) is 83.9 Å².